The van der Waals surface area contributed by atoms with Crippen LogP contribution in [0.4, 0.5) is 0 Å². The highest BCUT2D eigenvalue weighted by Gasteiger charge is 2.13. The molecule has 3 rings (SSSR count). The number of imidazole rings is 1. The number of aryl methyl sites for hydroxylation is 1. The van der Waals surface area contributed by atoms with Crippen molar-refractivity contribution < 1.29 is 0 Å². The maximum Gasteiger partial charge on any atom is 0.170 e. The average Bonchev–Trinajstić information content (AvgIpc) is 3.10. The van der Waals surface area contributed by atoms with Gasteiger partial charge < -0.3 is 4.57 Å². The molecule has 0 aliphatic rings. The molecule has 0 radical (unpaired) electrons. The fraction of sp³-hybridized carbons (Fsp3) is 0.333. The van der Waals surface area contributed by atoms with Gasteiger partial charge in [0.25, 0.3) is 0 Å². The zero-order valence-electron chi connectivity index (χ0n) is 13.3. The molecule has 0 N–H and O–H groups in total. The Balaban J connectivity index is 1.74. The molecular weight excluding hydrogens is 314 g/mol. The number of aromatic nitrogens is 6. The van der Waals surface area contributed by atoms with Crippen molar-refractivity contribution in [2.24, 2.45) is 7.05 Å². The third-order valence-electron chi connectivity index (χ3n) is 3.66. The quantitative estimate of drug-likeness (QED) is 0.715. The number of halogens is 1. The van der Waals surface area contributed by atoms with Gasteiger partial charge in [-0.15, -0.1) is 5.10 Å². The van der Waals surface area contributed by atoms with Crippen molar-refractivity contribution in [3.63, 3.8) is 0 Å². The molecule has 7 nitrogen and oxygen atoms in total. The molecule has 0 fully saturated rings. The Morgan fingerprint density at radius 2 is 1.83 bits per heavy atom. The van der Waals surface area contributed by atoms with Crippen LogP contribution in [0.25, 0.3) is 5.69 Å². The van der Waals surface area contributed by atoms with Crippen LogP contribution in [-0.4, -0.2) is 41.7 Å². The standard InChI is InChI=1S/C15H18ClN7/c1-11-4-6-12(7-5-11)23-15(18-19-20-23)10-21(2)9-14-17-8-13(16)22(14)3/h4-8H,9-10H2,1-3H3. The van der Waals surface area contributed by atoms with E-state index in [1.54, 1.807) is 10.9 Å². The number of hydrogen-bond acceptors (Lipinski definition) is 5. The lowest BCUT2D eigenvalue weighted by Crippen LogP contribution is -2.22. The molecule has 0 unspecified atom stereocenters. The summed E-state index contributed by atoms with van der Waals surface area (Å²) in [6, 6.07) is 8.10. The molecule has 120 valence electrons. The van der Waals surface area contributed by atoms with Gasteiger partial charge in [-0.2, -0.15) is 4.68 Å². The van der Waals surface area contributed by atoms with Gasteiger partial charge in [0, 0.05) is 7.05 Å². The molecule has 1 aromatic carbocycles. The summed E-state index contributed by atoms with van der Waals surface area (Å²) in [6.07, 6.45) is 1.65. The Bertz CT molecular complexity index is 791. The van der Waals surface area contributed by atoms with Gasteiger partial charge in [-0.25, -0.2) is 4.98 Å². The van der Waals surface area contributed by atoms with Crippen molar-refractivity contribution in [1.82, 2.24) is 34.7 Å². The Labute approximate surface area is 139 Å². The molecule has 2 aromatic heterocycles. The van der Waals surface area contributed by atoms with Crippen LogP contribution >= 0.6 is 11.6 Å². The van der Waals surface area contributed by atoms with Gasteiger partial charge in [0.2, 0.25) is 0 Å². The van der Waals surface area contributed by atoms with Gasteiger partial charge in [0.05, 0.1) is 25.0 Å². The van der Waals surface area contributed by atoms with Crippen LogP contribution in [0.5, 0.6) is 0 Å². The Morgan fingerprint density at radius 3 is 2.48 bits per heavy atom. The van der Waals surface area contributed by atoms with E-state index in [0.29, 0.717) is 18.2 Å². The predicted octanol–water partition coefficient (Wildman–Crippen LogP) is 1.99. The fourth-order valence-corrected chi connectivity index (χ4v) is 2.45. The normalized spacial score (nSPS) is 11.3. The lowest BCUT2D eigenvalue weighted by atomic mass is 10.2. The average molecular weight is 332 g/mol. The van der Waals surface area contributed by atoms with E-state index in [-0.39, 0.29) is 0 Å². The topological polar surface area (TPSA) is 64.7 Å². The third kappa shape index (κ3) is 3.40. The Kier molecular flexibility index (Phi) is 4.40. The molecule has 3 aromatic rings. The first-order valence-corrected chi connectivity index (χ1v) is 7.61. The first kappa shape index (κ1) is 15.6. The SMILES string of the molecule is Cc1ccc(-n2nnnc2CN(C)Cc2ncc(Cl)n2C)cc1. The summed E-state index contributed by atoms with van der Waals surface area (Å²) >= 11 is 6.02. The summed E-state index contributed by atoms with van der Waals surface area (Å²) in [7, 11) is 3.89. The second-order valence-electron chi connectivity index (χ2n) is 5.57. The lowest BCUT2D eigenvalue weighted by Gasteiger charge is -2.16. The number of rotatable bonds is 5. The van der Waals surface area contributed by atoms with Crippen LogP contribution in [0.15, 0.2) is 30.5 Å². The van der Waals surface area contributed by atoms with E-state index in [0.717, 1.165) is 17.3 Å². The van der Waals surface area contributed by atoms with E-state index in [1.165, 1.54) is 5.56 Å². The van der Waals surface area contributed by atoms with E-state index >= 15 is 0 Å². The molecule has 8 heteroatoms. The van der Waals surface area contributed by atoms with E-state index in [9.17, 15) is 0 Å². The fourth-order valence-electron chi connectivity index (χ4n) is 2.30. The molecule has 2 heterocycles. The first-order chi connectivity index (χ1) is 11.0. The Hall–Kier alpha value is -2.25. The second-order valence-corrected chi connectivity index (χ2v) is 5.96. The zero-order chi connectivity index (χ0) is 16.4. The van der Waals surface area contributed by atoms with Crippen molar-refractivity contribution in [3.05, 3.63) is 52.8 Å². The molecule has 23 heavy (non-hydrogen) atoms. The van der Waals surface area contributed by atoms with Crippen molar-refractivity contribution in [2.45, 2.75) is 20.0 Å². The van der Waals surface area contributed by atoms with Gasteiger partial charge >= 0.3 is 0 Å². The van der Waals surface area contributed by atoms with Crippen LogP contribution in [0.3, 0.4) is 0 Å². The summed E-state index contributed by atoms with van der Waals surface area (Å²) in [6.45, 7) is 3.31. The summed E-state index contributed by atoms with van der Waals surface area (Å²) in [4.78, 5) is 6.40. The van der Waals surface area contributed by atoms with E-state index in [1.807, 2.05) is 42.9 Å². The summed E-state index contributed by atoms with van der Waals surface area (Å²) in [5.74, 6) is 1.67. The first-order valence-electron chi connectivity index (χ1n) is 7.23. The van der Waals surface area contributed by atoms with Crippen molar-refractivity contribution in [2.75, 3.05) is 7.05 Å². The van der Waals surface area contributed by atoms with Crippen LogP contribution in [0.2, 0.25) is 5.15 Å². The van der Waals surface area contributed by atoms with Crippen molar-refractivity contribution in [3.8, 4) is 5.69 Å². The molecule has 0 spiro atoms. The van der Waals surface area contributed by atoms with Gasteiger partial charge in [-0.3, -0.25) is 4.90 Å². The molecule has 0 aliphatic heterocycles. The number of nitrogens with zero attached hydrogens (tertiary/aromatic N) is 7. The van der Waals surface area contributed by atoms with Gasteiger partial charge in [0.1, 0.15) is 11.0 Å². The number of tetrazole rings is 1. The van der Waals surface area contributed by atoms with Gasteiger partial charge in [0.15, 0.2) is 5.82 Å². The number of benzene rings is 1. The minimum absolute atomic E-state index is 0.603. The number of hydrogen-bond donors (Lipinski definition) is 0. The predicted molar refractivity (Wildman–Crippen MR) is 87.3 cm³/mol. The van der Waals surface area contributed by atoms with Crippen molar-refractivity contribution in [1.29, 1.82) is 0 Å². The summed E-state index contributed by atoms with van der Waals surface area (Å²) in [5, 5.41) is 12.6. The molecule has 0 saturated carbocycles. The summed E-state index contributed by atoms with van der Waals surface area (Å²) < 4.78 is 3.61. The van der Waals surface area contributed by atoms with E-state index < -0.39 is 0 Å². The van der Waals surface area contributed by atoms with Crippen LogP contribution < -0.4 is 0 Å². The van der Waals surface area contributed by atoms with E-state index in [2.05, 4.69) is 32.3 Å². The maximum absolute atomic E-state index is 6.02. The highest BCUT2D eigenvalue weighted by atomic mass is 35.5. The maximum atomic E-state index is 6.02. The van der Waals surface area contributed by atoms with Crippen LogP contribution in [-0.2, 0) is 20.1 Å². The Morgan fingerprint density at radius 1 is 1.13 bits per heavy atom. The molecule has 0 saturated heterocycles. The van der Waals surface area contributed by atoms with Gasteiger partial charge in [-0.05, 0) is 36.5 Å². The zero-order valence-corrected chi connectivity index (χ0v) is 14.1. The van der Waals surface area contributed by atoms with Crippen LogP contribution in [0, 0.1) is 6.92 Å². The molecule has 0 aliphatic carbocycles. The smallest absolute Gasteiger partial charge is 0.170 e. The second kappa shape index (κ2) is 6.47. The van der Waals surface area contributed by atoms with Gasteiger partial charge in [-0.1, -0.05) is 29.3 Å². The molecule has 0 amide bonds. The third-order valence-corrected chi connectivity index (χ3v) is 4.01. The highest BCUT2D eigenvalue weighted by molar-refractivity contribution is 6.29. The molecule has 0 bridgehead atoms. The van der Waals surface area contributed by atoms with Crippen molar-refractivity contribution >= 4 is 11.6 Å². The van der Waals surface area contributed by atoms with E-state index in [4.69, 9.17) is 11.6 Å². The minimum atomic E-state index is 0.603. The molecular formula is C15H18ClN7. The minimum Gasteiger partial charge on any atom is -0.321 e. The summed E-state index contributed by atoms with van der Waals surface area (Å²) in [5.41, 5.74) is 2.15. The molecule has 0 atom stereocenters. The monoisotopic (exact) mass is 331 g/mol. The largest absolute Gasteiger partial charge is 0.321 e. The highest BCUT2D eigenvalue weighted by Crippen LogP contribution is 2.13. The lowest BCUT2D eigenvalue weighted by molar-refractivity contribution is 0.296. The van der Waals surface area contributed by atoms with Crippen LogP contribution in [0.1, 0.15) is 17.2 Å².